The van der Waals surface area contributed by atoms with E-state index in [1.807, 2.05) is 13.8 Å². The number of allylic oxidation sites excluding steroid dienone is 1. The molecule has 108 valence electrons. The second kappa shape index (κ2) is 6.97. The SMILES string of the molecule is C=CC(=C)NC(C)(C)C(=O)NCC(C)(C)COC=O. The van der Waals surface area contributed by atoms with Gasteiger partial charge < -0.3 is 15.4 Å². The number of amides is 1. The van der Waals surface area contributed by atoms with Gasteiger partial charge in [-0.15, -0.1) is 0 Å². The Morgan fingerprint density at radius 3 is 2.37 bits per heavy atom. The van der Waals surface area contributed by atoms with Crippen LogP contribution in [-0.2, 0) is 14.3 Å². The van der Waals surface area contributed by atoms with E-state index in [1.54, 1.807) is 19.9 Å². The van der Waals surface area contributed by atoms with Crippen molar-refractivity contribution in [1.29, 1.82) is 0 Å². The molecule has 1 amide bonds. The predicted octanol–water partition coefficient (Wildman–Crippen LogP) is 1.37. The molecule has 0 bridgehead atoms. The number of carbonyl (C=O) groups is 2. The summed E-state index contributed by atoms with van der Waals surface area (Å²) in [4.78, 5) is 22.2. The summed E-state index contributed by atoms with van der Waals surface area (Å²) >= 11 is 0. The minimum Gasteiger partial charge on any atom is -0.467 e. The molecule has 0 heterocycles. The Morgan fingerprint density at radius 1 is 1.32 bits per heavy atom. The third-order valence-electron chi connectivity index (χ3n) is 2.56. The van der Waals surface area contributed by atoms with Gasteiger partial charge in [-0.1, -0.05) is 27.0 Å². The Labute approximate surface area is 115 Å². The predicted molar refractivity (Wildman–Crippen MR) is 75.4 cm³/mol. The lowest BCUT2D eigenvalue weighted by Crippen LogP contribution is -2.53. The molecule has 0 radical (unpaired) electrons. The minimum atomic E-state index is -0.785. The molecule has 5 heteroatoms. The first-order chi connectivity index (χ1) is 8.64. The van der Waals surface area contributed by atoms with Crippen LogP contribution in [0.3, 0.4) is 0 Å². The van der Waals surface area contributed by atoms with Gasteiger partial charge in [0.25, 0.3) is 6.47 Å². The highest BCUT2D eigenvalue weighted by atomic mass is 16.5. The van der Waals surface area contributed by atoms with Crippen LogP contribution in [-0.4, -0.2) is 31.1 Å². The fraction of sp³-hybridized carbons (Fsp3) is 0.571. The van der Waals surface area contributed by atoms with E-state index >= 15 is 0 Å². The van der Waals surface area contributed by atoms with Crippen molar-refractivity contribution in [2.75, 3.05) is 13.2 Å². The van der Waals surface area contributed by atoms with Gasteiger partial charge in [0.15, 0.2) is 0 Å². The number of hydrogen-bond donors (Lipinski definition) is 2. The van der Waals surface area contributed by atoms with E-state index in [9.17, 15) is 9.59 Å². The summed E-state index contributed by atoms with van der Waals surface area (Å²) in [5.74, 6) is -0.158. The molecule has 0 aliphatic heterocycles. The van der Waals surface area contributed by atoms with Crippen LogP contribution in [0.5, 0.6) is 0 Å². The largest absolute Gasteiger partial charge is 0.467 e. The quantitative estimate of drug-likeness (QED) is 0.489. The van der Waals surface area contributed by atoms with Gasteiger partial charge in [0, 0.05) is 17.7 Å². The van der Waals surface area contributed by atoms with Gasteiger partial charge in [-0.2, -0.15) is 0 Å². The zero-order valence-corrected chi connectivity index (χ0v) is 12.2. The van der Waals surface area contributed by atoms with E-state index in [2.05, 4.69) is 23.8 Å². The van der Waals surface area contributed by atoms with Gasteiger partial charge in [0.1, 0.15) is 5.54 Å². The van der Waals surface area contributed by atoms with Crippen LogP contribution in [0.15, 0.2) is 24.9 Å². The maximum Gasteiger partial charge on any atom is 0.293 e. The van der Waals surface area contributed by atoms with Crippen molar-refractivity contribution in [3.8, 4) is 0 Å². The van der Waals surface area contributed by atoms with Gasteiger partial charge in [0.05, 0.1) is 6.61 Å². The van der Waals surface area contributed by atoms with Crippen LogP contribution in [0.25, 0.3) is 0 Å². The summed E-state index contributed by atoms with van der Waals surface area (Å²) in [5, 5.41) is 5.80. The van der Waals surface area contributed by atoms with Gasteiger partial charge in [-0.3, -0.25) is 9.59 Å². The average molecular weight is 268 g/mol. The average Bonchev–Trinajstić information content (AvgIpc) is 2.32. The lowest BCUT2D eigenvalue weighted by molar-refractivity contribution is -0.131. The highest BCUT2D eigenvalue weighted by molar-refractivity contribution is 5.85. The Bertz CT molecular complexity index is 360. The Morgan fingerprint density at radius 2 is 1.89 bits per heavy atom. The maximum atomic E-state index is 12.1. The minimum absolute atomic E-state index is 0.158. The first-order valence-corrected chi connectivity index (χ1v) is 6.08. The summed E-state index contributed by atoms with van der Waals surface area (Å²) in [6.45, 7) is 15.7. The van der Waals surface area contributed by atoms with Crippen LogP contribution in [0.1, 0.15) is 27.7 Å². The summed E-state index contributed by atoms with van der Waals surface area (Å²) in [7, 11) is 0. The highest BCUT2D eigenvalue weighted by Gasteiger charge is 2.29. The fourth-order valence-electron chi connectivity index (χ4n) is 1.36. The molecule has 0 rings (SSSR count). The van der Waals surface area contributed by atoms with Gasteiger partial charge in [-0.05, 0) is 19.9 Å². The topological polar surface area (TPSA) is 67.4 Å². The van der Waals surface area contributed by atoms with Crippen molar-refractivity contribution < 1.29 is 14.3 Å². The molecule has 0 aliphatic carbocycles. The maximum absolute atomic E-state index is 12.1. The Kier molecular flexibility index (Phi) is 6.32. The number of hydrogen-bond acceptors (Lipinski definition) is 4. The summed E-state index contributed by atoms with van der Waals surface area (Å²) in [6.07, 6.45) is 1.55. The molecular weight excluding hydrogens is 244 g/mol. The van der Waals surface area contributed by atoms with Crippen molar-refractivity contribution in [2.24, 2.45) is 5.41 Å². The van der Waals surface area contributed by atoms with Crippen LogP contribution in [0.4, 0.5) is 0 Å². The van der Waals surface area contributed by atoms with E-state index in [1.165, 1.54) is 0 Å². The second-order valence-electron chi connectivity index (χ2n) is 5.73. The number of carbonyl (C=O) groups excluding carboxylic acids is 2. The summed E-state index contributed by atoms with van der Waals surface area (Å²) in [5.41, 5.74) is -0.515. The van der Waals surface area contributed by atoms with Crippen molar-refractivity contribution in [3.05, 3.63) is 24.9 Å². The van der Waals surface area contributed by atoms with Crippen LogP contribution in [0.2, 0.25) is 0 Å². The number of ether oxygens (including phenoxy) is 1. The molecule has 0 saturated carbocycles. The van der Waals surface area contributed by atoms with E-state index in [4.69, 9.17) is 4.74 Å². The van der Waals surface area contributed by atoms with Gasteiger partial charge >= 0.3 is 0 Å². The van der Waals surface area contributed by atoms with Crippen molar-refractivity contribution in [3.63, 3.8) is 0 Å². The van der Waals surface area contributed by atoms with E-state index in [0.717, 1.165) is 0 Å². The zero-order valence-electron chi connectivity index (χ0n) is 12.2. The normalized spacial score (nSPS) is 11.4. The second-order valence-corrected chi connectivity index (χ2v) is 5.73. The molecule has 0 spiro atoms. The smallest absolute Gasteiger partial charge is 0.293 e. The third-order valence-corrected chi connectivity index (χ3v) is 2.56. The monoisotopic (exact) mass is 268 g/mol. The molecule has 0 unspecified atom stereocenters. The standard InChI is InChI=1S/C14H24N2O3/c1-7-11(2)16-14(5,6)12(18)15-8-13(3,4)9-19-10-17/h7,10,16H,1-2,8-9H2,3-6H3,(H,15,18). The van der Waals surface area contributed by atoms with Crippen molar-refractivity contribution >= 4 is 12.4 Å². The van der Waals surface area contributed by atoms with Crippen LogP contribution >= 0.6 is 0 Å². The van der Waals surface area contributed by atoms with E-state index < -0.39 is 5.54 Å². The van der Waals surface area contributed by atoms with Gasteiger partial charge in [-0.25, -0.2) is 0 Å². The molecular formula is C14H24N2O3. The molecule has 0 atom stereocenters. The molecule has 0 aromatic rings. The molecule has 0 saturated heterocycles. The summed E-state index contributed by atoms with van der Waals surface area (Å²) < 4.78 is 4.72. The molecule has 19 heavy (non-hydrogen) atoms. The lowest BCUT2D eigenvalue weighted by atomic mass is 9.94. The third kappa shape index (κ3) is 6.64. The highest BCUT2D eigenvalue weighted by Crippen LogP contribution is 2.14. The Balaban J connectivity index is 4.40. The lowest BCUT2D eigenvalue weighted by Gasteiger charge is -2.29. The molecule has 0 fully saturated rings. The van der Waals surface area contributed by atoms with Gasteiger partial charge in [0.2, 0.25) is 5.91 Å². The number of rotatable bonds is 9. The molecule has 0 aromatic heterocycles. The summed E-state index contributed by atoms with van der Waals surface area (Å²) in [6, 6.07) is 0. The Hall–Kier alpha value is -1.78. The fourth-order valence-corrected chi connectivity index (χ4v) is 1.36. The first-order valence-electron chi connectivity index (χ1n) is 6.08. The molecule has 0 aliphatic rings. The first kappa shape index (κ1) is 17.2. The van der Waals surface area contributed by atoms with Crippen molar-refractivity contribution in [1.82, 2.24) is 10.6 Å². The zero-order chi connectivity index (χ0) is 15.1. The van der Waals surface area contributed by atoms with E-state index in [-0.39, 0.29) is 17.9 Å². The van der Waals surface area contributed by atoms with Crippen LogP contribution < -0.4 is 10.6 Å². The molecule has 0 aromatic carbocycles. The molecule has 2 N–H and O–H groups in total. The molecule has 5 nitrogen and oxygen atoms in total. The van der Waals surface area contributed by atoms with Crippen LogP contribution in [0, 0.1) is 5.41 Å². The van der Waals surface area contributed by atoms with Crippen molar-refractivity contribution in [2.45, 2.75) is 33.2 Å². The number of nitrogens with one attached hydrogen (secondary N) is 2. The van der Waals surface area contributed by atoms with E-state index in [0.29, 0.717) is 18.7 Å².